The third-order valence-electron chi connectivity index (χ3n) is 4.31. The van der Waals surface area contributed by atoms with Crippen LogP contribution in [-0.4, -0.2) is 46.6 Å². The molecule has 2 fully saturated rings. The summed E-state index contributed by atoms with van der Waals surface area (Å²) in [5.74, 6) is 0.914. The summed E-state index contributed by atoms with van der Waals surface area (Å²) in [4.78, 5) is 13.5. The number of piperazine rings is 1. The van der Waals surface area contributed by atoms with Gasteiger partial charge in [-0.25, -0.2) is 9.97 Å². The van der Waals surface area contributed by atoms with E-state index < -0.39 is 0 Å². The SMILES string of the molecule is CCC1CN2CCCC2CN1c1cnc(C#N)cn1. The number of anilines is 1. The smallest absolute Gasteiger partial charge is 0.158 e. The van der Waals surface area contributed by atoms with Crippen molar-refractivity contribution in [3.63, 3.8) is 0 Å². The summed E-state index contributed by atoms with van der Waals surface area (Å²) in [7, 11) is 0. The van der Waals surface area contributed by atoms with Gasteiger partial charge in [0.25, 0.3) is 0 Å². The average molecular weight is 257 g/mol. The van der Waals surface area contributed by atoms with Crippen LogP contribution in [0.25, 0.3) is 0 Å². The number of nitriles is 1. The number of rotatable bonds is 2. The molecule has 2 aliphatic rings. The molecule has 2 saturated heterocycles. The zero-order valence-corrected chi connectivity index (χ0v) is 11.3. The van der Waals surface area contributed by atoms with E-state index in [1.54, 1.807) is 12.4 Å². The molecule has 0 bridgehead atoms. The summed E-state index contributed by atoms with van der Waals surface area (Å²) >= 11 is 0. The van der Waals surface area contributed by atoms with Crippen molar-refractivity contribution in [3.8, 4) is 6.07 Å². The van der Waals surface area contributed by atoms with E-state index >= 15 is 0 Å². The second kappa shape index (κ2) is 5.14. The Morgan fingerprint density at radius 1 is 1.37 bits per heavy atom. The van der Waals surface area contributed by atoms with Gasteiger partial charge in [-0.2, -0.15) is 5.26 Å². The van der Waals surface area contributed by atoms with Crippen molar-refractivity contribution in [1.29, 1.82) is 5.26 Å². The molecule has 2 unspecified atom stereocenters. The van der Waals surface area contributed by atoms with E-state index in [9.17, 15) is 0 Å². The van der Waals surface area contributed by atoms with E-state index in [2.05, 4.69) is 26.7 Å². The normalized spacial score (nSPS) is 27.1. The monoisotopic (exact) mass is 257 g/mol. The number of hydrogen-bond donors (Lipinski definition) is 0. The third kappa shape index (κ3) is 2.28. The second-order valence-corrected chi connectivity index (χ2v) is 5.38. The van der Waals surface area contributed by atoms with Gasteiger partial charge in [-0.15, -0.1) is 0 Å². The first-order valence-corrected chi connectivity index (χ1v) is 7.04. The van der Waals surface area contributed by atoms with E-state index in [4.69, 9.17) is 5.26 Å². The van der Waals surface area contributed by atoms with Crippen LogP contribution in [0.4, 0.5) is 5.82 Å². The lowest BCUT2D eigenvalue weighted by atomic mass is 10.1. The maximum absolute atomic E-state index is 8.79. The molecule has 1 aromatic heterocycles. The van der Waals surface area contributed by atoms with Crippen LogP contribution in [0, 0.1) is 11.3 Å². The third-order valence-corrected chi connectivity index (χ3v) is 4.31. The van der Waals surface area contributed by atoms with Crippen LogP contribution in [0.15, 0.2) is 12.4 Å². The molecule has 100 valence electrons. The molecule has 0 N–H and O–H groups in total. The van der Waals surface area contributed by atoms with Crippen LogP contribution in [0.2, 0.25) is 0 Å². The molecule has 5 nitrogen and oxygen atoms in total. The Balaban J connectivity index is 1.82. The molecule has 3 rings (SSSR count). The van der Waals surface area contributed by atoms with Crippen LogP contribution in [0.3, 0.4) is 0 Å². The fourth-order valence-corrected chi connectivity index (χ4v) is 3.24. The van der Waals surface area contributed by atoms with Crippen molar-refractivity contribution in [2.45, 2.75) is 38.3 Å². The summed E-state index contributed by atoms with van der Waals surface area (Å²) in [5, 5.41) is 8.79. The minimum absolute atomic E-state index is 0.385. The molecule has 2 atom stereocenters. The summed E-state index contributed by atoms with van der Waals surface area (Å²) in [6, 6.07) is 3.20. The van der Waals surface area contributed by atoms with Crippen molar-refractivity contribution in [2.75, 3.05) is 24.5 Å². The molecule has 0 radical (unpaired) electrons. The van der Waals surface area contributed by atoms with E-state index in [-0.39, 0.29) is 0 Å². The van der Waals surface area contributed by atoms with E-state index in [0.29, 0.717) is 17.8 Å². The molecule has 0 aliphatic carbocycles. The zero-order chi connectivity index (χ0) is 13.2. The standard InChI is InChI=1S/C14H19N5/c1-2-12-9-18-5-3-4-13(18)10-19(12)14-8-16-11(6-15)7-17-14/h7-8,12-13H,2-5,9-10H2,1H3. The van der Waals surface area contributed by atoms with Crippen molar-refractivity contribution >= 4 is 5.82 Å². The van der Waals surface area contributed by atoms with E-state index in [1.807, 2.05) is 6.07 Å². The molecule has 0 spiro atoms. The van der Waals surface area contributed by atoms with Gasteiger partial charge in [0, 0.05) is 25.2 Å². The van der Waals surface area contributed by atoms with Crippen molar-refractivity contribution < 1.29 is 0 Å². The highest BCUT2D eigenvalue weighted by molar-refractivity contribution is 5.40. The molecule has 1 aromatic rings. The average Bonchev–Trinajstić information content (AvgIpc) is 2.93. The van der Waals surface area contributed by atoms with Gasteiger partial charge in [-0.05, 0) is 25.8 Å². The largest absolute Gasteiger partial charge is 0.350 e. The van der Waals surface area contributed by atoms with Crippen molar-refractivity contribution in [3.05, 3.63) is 18.1 Å². The van der Waals surface area contributed by atoms with Crippen molar-refractivity contribution in [1.82, 2.24) is 14.9 Å². The molecular formula is C14H19N5. The minimum Gasteiger partial charge on any atom is -0.350 e. The second-order valence-electron chi connectivity index (χ2n) is 5.38. The molecule has 0 aromatic carbocycles. The molecule has 3 heterocycles. The maximum Gasteiger partial charge on any atom is 0.158 e. The van der Waals surface area contributed by atoms with Crippen LogP contribution >= 0.6 is 0 Å². The lowest BCUT2D eigenvalue weighted by molar-refractivity contribution is 0.194. The molecule has 0 saturated carbocycles. The number of nitrogens with zero attached hydrogens (tertiary/aromatic N) is 5. The van der Waals surface area contributed by atoms with Crippen LogP contribution in [0.1, 0.15) is 31.9 Å². The molecule has 5 heteroatoms. The predicted octanol–water partition coefficient (Wildman–Crippen LogP) is 1.41. The summed E-state index contributed by atoms with van der Waals surface area (Å²) in [6.07, 6.45) is 7.03. The highest BCUT2D eigenvalue weighted by Crippen LogP contribution is 2.28. The highest BCUT2D eigenvalue weighted by Gasteiger charge is 2.36. The Hall–Kier alpha value is -1.67. The van der Waals surface area contributed by atoms with Gasteiger partial charge in [-0.3, -0.25) is 4.90 Å². The Labute approximate surface area is 113 Å². The lowest BCUT2D eigenvalue weighted by Gasteiger charge is -2.44. The quantitative estimate of drug-likeness (QED) is 0.802. The van der Waals surface area contributed by atoms with E-state index in [0.717, 1.165) is 25.3 Å². The fraction of sp³-hybridized carbons (Fsp3) is 0.643. The Morgan fingerprint density at radius 3 is 2.95 bits per heavy atom. The minimum atomic E-state index is 0.385. The van der Waals surface area contributed by atoms with Gasteiger partial charge < -0.3 is 4.90 Å². The van der Waals surface area contributed by atoms with Crippen molar-refractivity contribution in [2.24, 2.45) is 0 Å². The van der Waals surface area contributed by atoms with Gasteiger partial charge in [0.1, 0.15) is 11.9 Å². The Kier molecular flexibility index (Phi) is 3.34. The molecular weight excluding hydrogens is 238 g/mol. The Bertz CT molecular complexity index is 478. The first kappa shape index (κ1) is 12.4. The molecule has 19 heavy (non-hydrogen) atoms. The summed E-state index contributed by atoms with van der Waals surface area (Å²) < 4.78 is 0. The van der Waals surface area contributed by atoms with Gasteiger partial charge in [-0.1, -0.05) is 6.92 Å². The molecule has 2 aliphatic heterocycles. The summed E-state index contributed by atoms with van der Waals surface area (Å²) in [5.41, 5.74) is 0.385. The van der Waals surface area contributed by atoms with Crippen LogP contribution in [0.5, 0.6) is 0 Å². The van der Waals surface area contributed by atoms with E-state index in [1.165, 1.54) is 19.4 Å². The summed E-state index contributed by atoms with van der Waals surface area (Å²) in [6.45, 7) is 5.64. The van der Waals surface area contributed by atoms with Gasteiger partial charge in [0.15, 0.2) is 5.69 Å². The fourth-order valence-electron chi connectivity index (χ4n) is 3.24. The van der Waals surface area contributed by atoms with Gasteiger partial charge >= 0.3 is 0 Å². The number of aromatic nitrogens is 2. The first-order chi connectivity index (χ1) is 9.31. The Morgan fingerprint density at radius 2 is 2.26 bits per heavy atom. The first-order valence-electron chi connectivity index (χ1n) is 7.04. The lowest BCUT2D eigenvalue weighted by Crippen LogP contribution is -2.56. The topological polar surface area (TPSA) is 56.0 Å². The highest BCUT2D eigenvalue weighted by atomic mass is 15.3. The number of fused-ring (bicyclic) bond motifs is 1. The van der Waals surface area contributed by atoms with Gasteiger partial charge in [0.05, 0.1) is 12.4 Å². The maximum atomic E-state index is 8.79. The zero-order valence-electron chi connectivity index (χ0n) is 11.3. The predicted molar refractivity (Wildman–Crippen MR) is 72.8 cm³/mol. The van der Waals surface area contributed by atoms with Gasteiger partial charge in [0.2, 0.25) is 0 Å². The number of hydrogen-bond acceptors (Lipinski definition) is 5. The van der Waals surface area contributed by atoms with Crippen LogP contribution in [-0.2, 0) is 0 Å². The van der Waals surface area contributed by atoms with Crippen LogP contribution < -0.4 is 4.90 Å². The molecule has 0 amide bonds.